The Morgan fingerprint density at radius 2 is 2.13 bits per heavy atom. The van der Waals surface area contributed by atoms with Crippen LogP contribution in [0.3, 0.4) is 0 Å². The van der Waals surface area contributed by atoms with E-state index in [2.05, 4.69) is 20.2 Å². The van der Waals surface area contributed by atoms with Crippen LogP contribution < -0.4 is 15.4 Å². The van der Waals surface area contributed by atoms with Gasteiger partial charge in [-0.1, -0.05) is 0 Å². The number of urea groups is 1. The number of aromatic nitrogens is 2. The van der Waals surface area contributed by atoms with Gasteiger partial charge in [-0.15, -0.1) is 0 Å². The summed E-state index contributed by atoms with van der Waals surface area (Å²) in [6.07, 6.45) is 5.70. The van der Waals surface area contributed by atoms with Gasteiger partial charge in [0.25, 0.3) is 0 Å². The Labute approximate surface area is 136 Å². The lowest BCUT2D eigenvalue weighted by atomic mass is 10.2. The summed E-state index contributed by atoms with van der Waals surface area (Å²) in [4.78, 5) is 16.0. The van der Waals surface area contributed by atoms with Gasteiger partial charge in [0.05, 0.1) is 7.11 Å². The number of amides is 2. The standard InChI is InChI=1S/C17H24N4O2/c1-13-12-15(6-7-16(13)23-3)20-17(22)19-8-4-5-10-21-11-9-18-14(21)2/h6-7,9,11-12H,4-5,8,10H2,1-3H3,(H2,19,20,22). The summed E-state index contributed by atoms with van der Waals surface area (Å²) in [6.45, 7) is 5.50. The number of methoxy groups -OCH3 is 1. The van der Waals surface area contributed by atoms with Gasteiger partial charge in [0.2, 0.25) is 0 Å². The Morgan fingerprint density at radius 1 is 1.30 bits per heavy atom. The zero-order chi connectivity index (χ0) is 16.7. The van der Waals surface area contributed by atoms with E-state index in [9.17, 15) is 4.79 Å². The number of rotatable bonds is 7. The van der Waals surface area contributed by atoms with Gasteiger partial charge >= 0.3 is 6.03 Å². The van der Waals surface area contributed by atoms with Gasteiger partial charge in [-0.25, -0.2) is 9.78 Å². The number of carbonyl (C=O) groups excluding carboxylic acids is 1. The van der Waals surface area contributed by atoms with E-state index in [1.807, 2.05) is 38.2 Å². The van der Waals surface area contributed by atoms with Crippen molar-refractivity contribution in [3.05, 3.63) is 42.0 Å². The van der Waals surface area contributed by atoms with E-state index in [-0.39, 0.29) is 6.03 Å². The highest BCUT2D eigenvalue weighted by molar-refractivity contribution is 5.89. The van der Waals surface area contributed by atoms with Gasteiger partial charge in [0, 0.05) is 31.2 Å². The molecule has 0 spiro atoms. The predicted octanol–water partition coefficient (Wildman–Crippen LogP) is 3.11. The fourth-order valence-electron chi connectivity index (χ4n) is 2.38. The normalized spacial score (nSPS) is 10.4. The van der Waals surface area contributed by atoms with Gasteiger partial charge in [-0.3, -0.25) is 0 Å². The number of ether oxygens (including phenoxy) is 1. The quantitative estimate of drug-likeness (QED) is 0.771. The van der Waals surface area contributed by atoms with Crippen LogP contribution in [0.15, 0.2) is 30.6 Å². The molecular weight excluding hydrogens is 292 g/mol. The molecule has 0 atom stereocenters. The minimum atomic E-state index is -0.187. The van der Waals surface area contributed by atoms with Crippen molar-refractivity contribution in [1.29, 1.82) is 0 Å². The number of unbranched alkanes of at least 4 members (excludes halogenated alkanes) is 1. The monoisotopic (exact) mass is 316 g/mol. The minimum Gasteiger partial charge on any atom is -0.496 e. The number of aryl methyl sites for hydroxylation is 3. The average molecular weight is 316 g/mol. The molecule has 2 rings (SSSR count). The molecule has 0 unspecified atom stereocenters. The van der Waals surface area contributed by atoms with Gasteiger partial charge in [0.1, 0.15) is 11.6 Å². The first-order valence-corrected chi connectivity index (χ1v) is 7.77. The van der Waals surface area contributed by atoms with Crippen LogP contribution in [0, 0.1) is 13.8 Å². The number of anilines is 1. The summed E-state index contributed by atoms with van der Waals surface area (Å²) in [6, 6.07) is 5.37. The van der Waals surface area contributed by atoms with Crippen molar-refractivity contribution in [2.45, 2.75) is 33.2 Å². The van der Waals surface area contributed by atoms with Gasteiger partial charge < -0.3 is 19.9 Å². The molecule has 1 aromatic carbocycles. The van der Waals surface area contributed by atoms with E-state index < -0.39 is 0 Å². The summed E-state index contributed by atoms with van der Waals surface area (Å²) in [5, 5.41) is 5.69. The van der Waals surface area contributed by atoms with Crippen molar-refractivity contribution in [2.24, 2.45) is 0 Å². The van der Waals surface area contributed by atoms with E-state index >= 15 is 0 Å². The molecule has 0 bridgehead atoms. The van der Waals surface area contributed by atoms with Crippen LogP contribution in [0.4, 0.5) is 10.5 Å². The Kier molecular flexibility index (Phi) is 6.02. The molecule has 6 nitrogen and oxygen atoms in total. The van der Waals surface area contributed by atoms with E-state index in [1.54, 1.807) is 13.3 Å². The first-order valence-electron chi connectivity index (χ1n) is 7.77. The van der Waals surface area contributed by atoms with Crippen LogP contribution in [0.5, 0.6) is 5.75 Å². The Bertz CT molecular complexity index is 652. The zero-order valence-electron chi connectivity index (χ0n) is 13.9. The largest absolute Gasteiger partial charge is 0.496 e. The maximum atomic E-state index is 11.9. The highest BCUT2D eigenvalue weighted by Crippen LogP contribution is 2.21. The molecule has 1 heterocycles. The Balaban J connectivity index is 1.67. The molecule has 124 valence electrons. The van der Waals surface area contributed by atoms with Crippen molar-refractivity contribution >= 4 is 11.7 Å². The van der Waals surface area contributed by atoms with Crippen molar-refractivity contribution in [2.75, 3.05) is 19.0 Å². The zero-order valence-corrected chi connectivity index (χ0v) is 13.9. The van der Waals surface area contributed by atoms with Crippen molar-refractivity contribution in [1.82, 2.24) is 14.9 Å². The lowest BCUT2D eigenvalue weighted by Crippen LogP contribution is -2.29. The molecule has 23 heavy (non-hydrogen) atoms. The van der Waals surface area contributed by atoms with Crippen LogP contribution in [0.25, 0.3) is 0 Å². The number of nitrogens with zero attached hydrogens (tertiary/aromatic N) is 2. The van der Waals surface area contributed by atoms with Crippen molar-refractivity contribution < 1.29 is 9.53 Å². The molecule has 6 heteroatoms. The Hall–Kier alpha value is -2.50. The fraction of sp³-hybridized carbons (Fsp3) is 0.412. The van der Waals surface area contributed by atoms with E-state index in [1.165, 1.54) is 0 Å². The van der Waals surface area contributed by atoms with E-state index in [0.717, 1.165) is 42.2 Å². The molecule has 0 saturated heterocycles. The third-order valence-corrected chi connectivity index (χ3v) is 3.69. The number of hydrogen-bond donors (Lipinski definition) is 2. The van der Waals surface area contributed by atoms with Crippen LogP contribution in [-0.4, -0.2) is 29.2 Å². The molecule has 0 aliphatic rings. The number of imidazole rings is 1. The smallest absolute Gasteiger partial charge is 0.319 e. The lowest BCUT2D eigenvalue weighted by Gasteiger charge is -2.10. The van der Waals surface area contributed by atoms with Crippen LogP contribution >= 0.6 is 0 Å². The fourth-order valence-corrected chi connectivity index (χ4v) is 2.38. The second-order valence-corrected chi connectivity index (χ2v) is 5.44. The average Bonchev–Trinajstić information content (AvgIpc) is 2.92. The van der Waals surface area contributed by atoms with Crippen LogP contribution in [-0.2, 0) is 6.54 Å². The summed E-state index contributed by atoms with van der Waals surface area (Å²) in [5.41, 5.74) is 1.75. The lowest BCUT2D eigenvalue weighted by molar-refractivity contribution is 0.252. The SMILES string of the molecule is COc1ccc(NC(=O)NCCCCn2ccnc2C)cc1C. The number of nitrogens with one attached hydrogen (secondary N) is 2. The van der Waals surface area contributed by atoms with Crippen molar-refractivity contribution in [3.63, 3.8) is 0 Å². The number of carbonyl (C=O) groups is 1. The summed E-state index contributed by atoms with van der Waals surface area (Å²) < 4.78 is 7.31. The van der Waals surface area contributed by atoms with Crippen molar-refractivity contribution in [3.8, 4) is 5.75 Å². The Morgan fingerprint density at radius 3 is 2.78 bits per heavy atom. The van der Waals surface area contributed by atoms with Gasteiger partial charge in [0.15, 0.2) is 0 Å². The molecule has 0 aliphatic carbocycles. The molecule has 0 fully saturated rings. The topological polar surface area (TPSA) is 68.2 Å². The molecule has 1 aromatic heterocycles. The molecule has 2 aromatic rings. The third kappa shape index (κ3) is 5.02. The first-order chi connectivity index (χ1) is 11.1. The molecular formula is C17H24N4O2. The highest BCUT2D eigenvalue weighted by Gasteiger charge is 2.04. The molecule has 0 saturated carbocycles. The summed E-state index contributed by atoms with van der Waals surface area (Å²) in [5.74, 6) is 1.83. The van der Waals surface area contributed by atoms with Crippen LogP contribution in [0.1, 0.15) is 24.2 Å². The van der Waals surface area contributed by atoms with Gasteiger partial charge in [-0.05, 0) is 50.5 Å². The summed E-state index contributed by atoms with van der Waals surface area (Å²) in [7, 11) is 1.63. The van der Waals surface area contributed by atoms with Crippen LogP contribution in [0.2, 0.25) is 0 Å². The molecule has 2 N–H and O–H groups in total. The number of hydrogen-bond acceptors (Lipinski definition) is 3. The number of benzene rings is 1. The molecule has 0 aliphatic heterocycles. The molecule has 2 amide bonds. The first kappa shape index (κ1) is 16.9. The van der Waals surface area contributed by atoms with Gasteiger partial charge in [-0.2, -0.15) is 0 Å². The maximum Gasteiger partial charge on any atom is 0.319 e. The highest BCUT2D eigenvalue weighted by atomic mass is 16.5. The maximum absolute atomic E-state index is 11.9. The predicted molar refractivity (Wildman–Crippen MR) is 91.0 cm³/mol. The summed E-state index contributed by atoms with van der Waals surface area (Å²) >= 11 is 0. The minimum absolute atomic E-state index is 0.187. The van der Waals surface area contributed by atoms with E-state index in [0.29, 0.717) is 6.54 Å². The second-order valence-electron chi connectivity index (χ2n) is 5.44. The molecule has 0 radical (unpaired) electrons. The van der Waals surface area contributed by atoms with E-state index in [4.69, 9.17) is 4.74 Å². The third-order valence-electron chi connectivity index (χ3n) is 3.69. The second kappa shape index (κ2) is 8.22.